The lowest BCUT2D eigenvalue weighted by atomic mass is 9.77. The molecule has 0 radical (unpaired) electrons. The number of carbonyl (C=O) groups excluding carboxylic acids is 1. The number of benzene rings is 1. The molecule has 1 aromatic rings. The van der Waals surface area contributed by atoms with Gasteiger partial charge >= 0.3 is 0 Å². The summed E-state index contributed by atoms with van der Waals surface area (Å²) in [4.78, 5) is 11.0. The van der Waals surface area contributed by atoms with Crippen LogP contribution >= 0.6 is 0 Å². The van der Waals surface area contributed by atoms with Gasteiger partial charge in [-0.05, 0) is 36.5 Å². The predicted molar refractivity (Wildman–Crippen MR) is 79.2 cm³/mol. The van der Waals surface area contributed by atoms with Crippen molar-refractivity contribution in [3.8, 4) is 0 Å². The molecule has 4 nitrogen and oxygen atoms in total. The molecule has 0 saturated heterocycles. The van der Waals surface area contributed by atoms with Crippen molar-refractivity contribution in [2.24, 2.45) is 11.7 Å². The summed E-state index contributed by atoms with van der Waals surface area (Å²) in [5.74, 6) is 0.248. The lowest BCUT2D eigenvalue weighted by molar-refractivity contribution is 0.0982. The average molecular weight is 276 g/mol. The summed E-state index contributed by atoms with van der Waals surface area (Å²) in [5.41, 5.74) is 6.70. The molecule has 0 bridgehead atoms. The molecule has 1 fully saturated rings. The van der Waals surface area contributed by atoms with Crippen molar-refractivity contribution >= 4 is 5.91 Å². The molecule has 0 spiro atoms. The van der Waals surface area contributed by atoms with Gasteiger partial charge in [-0.2, -0.15) is 0 Å². The van der Waals surface area contributed by atoms with Gasteiger partial charge in [0.05, 0.1) is 6.61 Å². The monoisotopic (exact) mass is 276 g/mol. The van der Waals surface area contributed by atoms with Crippen LogP contribution < -0.4 is 11.1 Å². The van der Waals surface area contributed by atoms with Crippen LogP contribution in [0, 0.1) is 5.92 Å². The number of amides is 1. The fraction of sp³-hybridized carbons (Fsp3) is 0.562. The van der Waals surface area contributed by atoms with Crippen LogP contribution in [-0.4, -0.2) is 23.2 Å². The van der Waals surface area contributed by atoms with E-state index < -0.39 is 5.91 Å². The van der Waals surface area contributed by atoms with Gasteiger partial charge in [0.2, 0.25) is 5.91 Å². The highest BCUT2D eigenvalue weighted by Gasteiger charge is 2.33. The number of hydrogen-bond donors (Lipinski definition) is 3. The van der Waals surface area contributed by atoms with E-state index in [9.17, 15) is 9.90 Å². The molecule has 4 N–H and O–H groups in total. The second-order valence-corrected chi connectivity index (χ2v) is 6.05. The zero-order chi connectivity index (χ0) is 14.6. The molecule has 2 rings (SSSR count). The summed E-state index contributed by atoms with van der Waals surface area (Å²) >= 11 is 0. The van der Waals surface area contributed by atoms with Crippen LogP contribution in [0.3, 0.4) is 0 Å². The normalized spacial score (nSPS) is 26.4. The minimum absolute atomic E-state index is 0.153. The minimum atomic E-state index is -0.405. The van der Waals surface area contributed by atoms with E-state index in [0.29, 0.717) is 18.0 Å². The summed E-state index contributed by atoms with van der Waals surface area (Å²) in [7, 11) is 0. The van der Waals surface area contributed by atoms with Gasteiger partial charge in [-0.25, -0.2) is 0 Å². The maximum absolute atomic E-state index is 11.0. The van der Waals surface area contributed by atoms with Crippen molar-refractivity contribution in [2.75, 3.05) is 6.61 Å². The van der Waals surface area contributed by atoms with Gasteiger partial charge in [0.15, 0.2) is 0 Å². The quantitative estimate of drug-likeness (QED) is 0.768. The van der Waals surface area contributed by atoms with E-state index in [2.05, 4.69) is 12.2 Å². The Kier molecular flexibility index (Phi) is 4.78. The van der Waals surface area contributed by atoms with E-state index in [1.54, 1.807) is 12.1 Å². The standard InChI is InChI=1S/C16H24N2O2/c1-12-3-2-8-16(9-12,11-19)18-10-13-4-6-14(7-5-13)15(17)20/h4-7,12,18-19H,2-3,8-11H2,1H3,(H2,17,20). The largest absolute Gasteiger partial charge is 0.394 e. The average Bonchev–Trinajstić information content (AvgIpc) is 2.45. The molecular weight excluding hydrogens is 252 g/mol. The number of nitrogens with two attached hydrogens (primary N) is 1. The van der Waals surface area contributed by atoms with Crippen molar-refractivity contribution < 1.29 is 9.90 Å². The molecule has 4 heteroatoms. The third kappa shape index (κ3) is 3.58. The van der Waals surface area contributed by atoms with E-state index in [-0.39, 0.29) is 12.1 Å². The van der Waals surface area contributed by atoms with Crippen LogP contribution in [0.4, 0.5) is 0 Å². The SMILES string of the molecule is CC1CCCC(CO)(NCc2ccc(C(N)=O)cc2)C1. The van der Waals surface area contributed by atoms with Crippen molar-refractivity contribution in [2.45, 2.75) is 44.7 Å². The Balaban J connectivity index is 1.97. The molecule has 2 unspecified atom stereocenters. The molecule has 0 aromatic heterocycles. The first-order chi connectivity index (χ1) is 9.54. The van der Waals surface area contributed by atoms with Gasteiger partial charge in [0.25, 0.3) is 0 Å². The predicted octanol–water partition coefficient (Wildman–Crippen LogP) is 1.82. The van der Waals surface area contributed by atoms with Crippen LogP contribution in [0.5, 0.6) is 0 Å². The maximum atomic E-state index is 11.0. The molecule has 1 aromatic carbocycles. The molecular formula is C16H24N2O2. The molecule has 1 amide bonds. The van der Waals surface area contributed by atoms with Crippen LogP contribution in [0.15, 0.2) is 24.3 Å². The molecule has 1 saturated carbocycles. The van der Waals surface area contributed by atoms with Gasteiger partial charge in [-0.1, -0.05) is 31.9 Å². The Bertz CT molecular complexity index is 458. The number of nitrogens with one attached hydrogen (secondary N) is 1. The van der Waals surface area contributed by atoms with Gasteiger partial charge in [-0.15, -0.1) is 0 Å². The van der Waals surface area contributed by atoms with Gasteiger partial charge in [0.1, 0.15) is 0 Å². The third-order valence-electron chi connectivity index (χ3n) is 4.30. The fourth-order valence-corrected chi connectivity index (χ4v) is 3.10. The summed E-state index contributed by atoms with van der Waals surface area (Å²) in [6, 6.07) is 7.30. The van der Waals surface area contributed by atoms with Crippen LogP contribution in [-0.2, 0) is 6.54 Å². The molecule has 0 heterocycles. The Morgan fingerprint density at radius 3 is 2.70 bits per heavy atom. The fourth-order valence-electron chi connectivity index (χ4n) is 3.10. The van der Waals surface area contributed by atoms with Crippen LogP contribution in [0.2, 0.25) is 0 Å². The maximum Gasteiger partial charge on any atom is 0.248 e. The highest BCUT2D eigenvalue weighted by Crippen LogP contribution is 2.32. The Morgan fingerprint density at radius 2 is 2.15 bits per heavy atom. The number of aliphatic hydroxyl groups is 1. The number of primary amides is 1. The van der Waals surface area contributed by atoms with E-state index in [1.807, 2.05) is 12.1 Å². The Morgan fingerprint density at radius 1 is 1.45 bits per heavy atom. The lowest BCUT2D eigenvalue weighted by Crippen LogP contribution is -2.51. The number of carbonyl (C=O) groups is 1. The number of hydrogen-bond acceptors (Lipinski definition) is 3. The van der Waals surface area contributed by atoms with Gasteiger partial charge in [-0.3, -0.25) is 4.79 Å². The number of rotatable bonds is 5. The summed E-state index contributed by atoms with van der Waals surface area (Å²) < 4.78 is 0. The van der Waals surface area contributed by atoms with E-state index in [4.69, 9.17) is 5.73 Å². The Hall–Kier alpha value is -1.39. The second kappa shape index (κ2) is 6.37. The minimum Gasteiger partial charge on any atom is -0.394 e. The van der Waals surface area contributed by atoms with Crippen molar-refractivity contribution in [1.82, 2.24) is 5.32 Å². The van der Waals surface area contributed by atoms with Crippen molar-refractivity contribution in [3.05, 3.63) is 35.4 Å². The highest BCUT2D eigenvalue weighted by atomic mass is 16.3. The van der Waals surface area contributed by atoms with E-state index in [0.717, 1.165) is 24.8 Å². The van der Waals surface area contributed by atoms with Gasteiger partial charge in [0, 0.05) is 17.6 Å². The van der Waals surface area contributed by atoms with Crippen LogP contribution in [0.25, 0.3) is 0 Å². The van der Waals surface area contributed by atoms with Crippen LogP contribution in [0.1, 0.15) is 48.5 Å². The third-order valence-corrected chi connectivity index (χ3v) is 4.30. The van der Waals surface area contributed by atoms with Crippen molar-refractivity contribution in [3.63, 3.8) is 0 Å². The first-order valence-electron chi connectivity index (χ1n) is 7.29. The van der Waals surface area contributed by atoms with E-state index >= 15 is 0 Å². The summed E-state index contributed by atoms with van der Waals surface area (Å²) in [6.07, 6.45) is 4.45. The molecule has 2 atom stereocenters. The molecule has 1 aliphatic rings. The van der Waals surface area contributed by atoms with Gasteiger partial charge < -0.3 is 16.2 Å². The second-order valence-electron chi connectivity index (χ2n) is 6.05. The summed E-state index contributed by atoms with van der Waals surface area (Å²) in [5, 5.41) is 13.2. The first kappa shape index (κ1) is 15.0. The number of aliphatic hydroxyl groups excluding tert-OH is 1. The molecule has 1 aliphatic carbocycles. The molecule has 0 aliphatic heterocycles. The first-order valence-corrected chi connectivity index (χ1v) is 7.29. The highest BCUT2D eigenvalue weighted by molar-refractivity contribution is 5.92. The summed E-state index contributed by atoms with van der Waals surface area (Å²) in [6.45, 7) is 3.12. The lowest BCUT2D eigenvalue weighted by Gasteiger charge is -2.39. The zero-order valence-electron chi connectivity index (χ0n) is 12.1. The smallest absolute Gasteiger partial charge is 0.248 e. The topological polar surface area (TPSA) is 75.3 Å². The Labute approximate surface area is 120 Å². The van der Waals surface area contributed by atoms with E-state index in [1.165, 1.54) is 6.42 Å². The molecule has 110 valence electrons. The zero-order valence-corrected chi connectivity index (χ0v) is 12.1. The van der Waals surface area contributed by atoms with Crippen molar-refractivity contribution in [1.29, 1.82) is 0 Å². The molecule has 20 heavy (non-hydrogen) atoms.